The number of hydrogen-bond donors (Lipinski definition) is 4. The van der Waals surface area contributed by atoms with Crippen LogP contribution in [0.1, 0.15) is 32.1 Å². The second-order valence-electron chi connectivity index (χ2n) is 3.91. The standard InChI is InChI=1S/C10H20N2O4/c11-8(15)2-1-3-10(4-6-13,5-7-14)9(12)16/h13-14H,1-7H2,(H2,11,15)(H2,12,16). The zero-order chi connectivity index (χ0) is 12.6. The van der Waals surface area contributed by atoms with Crippen LogP contribution in [0, 0.1) is 5.41 Å². The van der Waals surface area contributed by atoms with Crippen LogP contribution in [0.3, 0.4) is 0 Å². The van der Waals surface area contributed by atoms with Gasteiger partial charge in [0.25, 0.3) is 0 Å². The van der Waals surface area contributed by atoms with E-state index in [0.717, 1.165) is 0 Å². The normalized spacial score (nSPS) is 11.4. The van der Waals surface area contributed by atoms with Gasteiger partial charge in [-0.2, -0.15) is 0 Å². The highest BCUT2D eigenvalue weighted by Crippen LogP contribution is 2.32. The molecule has 6 nitrogen and oxygen atoms in total. The summed E-state index contributed by atoms with van der Waals surface area (Å²) >= 11 is 0. The fourth-order valence-corrected chi connectivity index (χ4v) is 1.77. The highest BCUT2D eigenvalue weighted by atomic mass is 16.3. The van der Waals surface area contributed by atoms with E-state index in [1.54, 1.807) is 0 Å². The molecule has 16 heavy (non-hydrogen) atoms. The summed E-state index contributed by atoms with van der Waals surface area (Å²) in [6, 6.07) is 0. The number of hydrogen-bond acceptors (Lipinski definition) is 4. The van der Waals surface area contributed by atoms with Crippen molar-refractivity contribution in [2.45, 2.75) is 32.1 Å². The van der Waals surface area contributed by atoms with E-state index in [0.29, 0.717) is 12.8 Å². The first-order valence-electron chi connectivity index (χ1n) is 5.28. The average molecular weight is 232 g/mol. The first-order chi connectivity index (χ1) is 7.48. The molecule has 0 heterocycles. The largest absolute Gasteiger partial charge is 0.396 e. The second-order valence-corrected chi connectivity index (χ2v) is 3.91. The van der Waals surface area contributed by atoms with Crippen molar-refractivity contribution in [1.29, 1.82) is 0 Å². The van der Waals surface area contributed by atoms with Crippen molar-refractivity contribution in [3.05, 3.63) is 0 Å². The topological polar surface area (TPSA) is 127 Å². The van der Waals surface area contributed by atoms with E-state index in [-0.39, 0.29) is 32.5 Å². The van der Waals surface area contributed by atoms with Gasteiger partial charge in [0, 0.05) is 19.6 Å². The van der Waals surface area contributed by atoms with Crippen molar-refractivity contribution in [2.24, 2.45) is 16.9 Å². The minimum Gasteiger partial charge on any atom is -0.396 e. The summed E-state index contributed by atoms with van der Waals surface area (Å²) in [7, 11) is 0. The van der Waals surface area contributed by atoms with Gasteiger partial charge in [0.05, 0.1) is 5.41 Å². The van der Waals surface area contributed by atoms with Crippen LogP contribution in [0.15, 0.2) is 0 Å². The van der Waals surface area contributed by atoms with Gasteiger partial charge < -0.3 is 21.7 Å². The summed E-state index contributed by atoms with van der Waals surface area (Å²) in [6.07, 6.45) is 1.35. The molecule has 0 saturated heterocycles. The molecule has 0 aromatic heterocycles. The first kappa shape index (κ1) is 14.9. The van der Waals surface area contributed by atoms with Crippen LogP contribution in [0.5, 0.6) is 0 Å². The minimum atomic E-state index is -0.932. The lowest BCUT2D eigenvalue weighted by Gasteiger charge is -2.29. The van der Waals surface area contributed by atoms with Crippen LogP contribution in [0.2, 0.25) is 0 Å². The molecule has 0 rings (SSSR count). The molecule has 0 radical (unpaired) electrons. The van der Waals surface area contributed by atoms with Crippen molar-refractivity contribution < 1.29 is 19.8 Å². The molecule has 0 aromatic rings. The van der Waals surface area contributed by atoms with Crippen molar-refractivity contribution in [1.82, 2.24) is 0 Å². The van der Waals surface area contributed by atoms with Gasteiger partial charge in [-0.25, -0.2) is 0 Å². The lowest BCUT2D eigenvalue weighted by molar-refractivity contribution is -0.130. The van der Waals surface area contributed by atoms with E-state index in [1.807, 2.05) is 0 Å². The van der Waals surface area contributed by atoms with Crippen molar-refractivity contribution >= 4 is 11.8 Å². The third-order valence-corrected chi connectivity index (χ3v) is 2.78. The van der Waals surface area contributed by atoms with Crippen molar-refractivity contribution in [3.63, 3.8) is 0 Å². The number of carbonyl (C=O) groups excluding carboxylic acids is 2. The van der Waals surface area contributed by atoms with Crippen molar-refractivity contribution in [3.8, 4) is 0 Å². The Balaban J connectivity index is 4.48. The van der Waals surface area contributed by atoms with Crippen LogP contribution in [-0.2, 0) is 9.59 Å². The van der Waals surface area contributed by atoms with E-state index >= 15 is 0 Å². The monoisotopic (exact) mass is 232 g/mol. The van der Waals surface area contributed by atoms with Crippen molar-refractivity contribution in [2.75, 3.05) is 13.2 Å². The van der Waals surface area contributed by atoms with Crippen LogP contribution in [0.25, 0.3) is 0 Å². The Morgan fingerprint density at radius 2 is 1.50 bits per heavy atom. The summed E-state index contributed by atoms with van der Waals surface area (Å²) < 4.78 is 0. The summed E-state index contributed by atoms with van der Waals surface area (Å²) in [5, 5.41) is 17.8. The van der Waals surface area contributed by atoms with E-state index in [1.165, 1.54) is 0 Å². The van der Waals surface area contributed by atoms with Gasteiger partial charge in [0.1, 0.15) is 0 Å². The molecule has 94 valence electrons. The smallest absolute Gasteiger partial charge is 0.223 e. The van der Waals surface area contributed by atoms with Crippen LogP contribution >= 0.6 is 0 Å². The van der Waals surface area contributed by atoms with E-state index < -0.39 is 17.2 Å². The van der Waals surface area contributed by atoms with Crippen LogP contribution in [-0.4, -0.2) is 35.2 Å². The zero-order valence-corrected chi connectivity index (χ0v) is 9.32. The number of primary amides is 2. The van der Waals surface area contributed by atoms with Gasteiger partial charge in [0.15, 0.2) is 0 Å². The molecule has 0 spiro atoms. The van der Waals surface area contributed by atoms with Gasteiger partial charge in [-0.15, -0.1) is 0 Å². The molecule has 6 heteroatoms. The Morgan fingerprint density at radius 1 is 1.00 bits per heavy atom. The Morgan fingerprint density at radius 3 is 1.81 bits per heavy atom. The molecule has 0 saturated carbocycles. The number of aliphatic hydroxyl groups excluding tert-OH is 2. The molecule has 0 unspecified atom stereocenters. The number of aliphatic hydroxyl groups is 2. The van der Waals surface area contributed by atoms with Gasteiger partial charge in [0.2, 0.25) is 11.8 Å². The van der Waals surface area contributed by atoms with E-state index in [2.05, 4.69) is 0 Å². The molecule has 0 atom stereocenters. The van der Waals surface area contributed by atoms with Crippen LogP contribution in [0.4, 0.5) is 0 Å². The quantitative estimate of drug-likeness (QED) is 0.401. The third-order valence-electron chi connectivity index (χ3n) is 2.78. The maximum Gasteiger partial charge on any atom is 0.223 e. The minimum absolute atomic E-state index is 0.173. The first-order valence-corrected chi connectivity index (χ1v) is 5.28. The number of nitrogens with two attached hydrogens (primary N) is 2. The second kappa shape index (κ2) is 7.19. The molecule has 6 N–H and O–H groups in total. The fourth-order valence-electron chi connectivity index (χ4n) is 1.77. The fraction of sp³-hybridized carbons (Fsp3) is 0.800. The Hall–Kier alpha value is -1.14. The highest BCUT2D eigenvalue weighted by molar-refractivity contribution is 5.81. The van der Waals surface area contributed by atoms with Gasteiger partial charge in [-0.3, -0.25) is 9.59 Å². The van der Waals surface area contributed by atoms with E-state index in [4.69, 9.17) is 21.7 Å². The van der Waals surface area contributed by atoms with Gasteiger partial charge >= 0.3 is 0 Å². The number of amides is 2. The highest BCUT2D eigenvalue weighted by Gasteiger charge is 2.34. The van der Waals surface area contributed by atoms with Crippen LogP contribution < -0.4 is 11.5 Å². The maximum absolute atomic E-state index is 11.4. The van der Waals surface area contributed by atoms with Gasteiger partial charge in [-0.05, 0) is 25.7 Å². The molecule has 0 aliphatic heterocycles. The number of carbonyl (C=O) groups is 2. The summed E-state index contributed by atoms with van der Waals surface area (Å²) in [4.78, 5) is 21.9. The lowest BCUT2D eigenvalue weighted by atomic mass is 9.76. The molecule has 0 fully saturated rings. The average Bonchev–Trinajstić information content (AvgIpc) is 2.17. The molecular formula is C10H20N2O4. The zero-order valence-electron chi connectivity index (χ0n) is 9.32. The van der Waals surface area contributed by atoms with Gasteiger partial charge in [-0.1, -0.05) is 0 Å². The summed E-state index contributed by atoms with van der Waals surface area (Å²) in [5.74, 6) is -0.994. The predicted octanol–water partition coefficient (Wildman–Crippen LogP) is -1.12. The lowest BCUT2D eigenvalue weighted by Crippen LogP contribution is -2.39. The Labute approximate surface area is 94.6 Å². The predicted molar refractivity (Wildman–Crippen MR) is 58.1 cm³/mol. The number of rotatable bonds is 9. The molecular weight excluding hydrogens is 212 g/mol. The summed E-state index contributed by atoms with van der Waals surface area (Å²) in [6.45, 7) is -0.362. The maximum atomic E-state index is 11.4. The molecule has 0 aliphatic rings. The Kier molecular flexibility index (Phi) is 6.67. The third kappa shape index (κ3) is 4.59. The molecule has 0 bridgehead atoms. The molecule has 0 aromatic carbocycles. The summed E-state index contributed by atoms with van der Waals surface area (Å²) in [5.41, 5.74) is 9.34. The Bertz CT molecular complexity index is 237. The molecule has 0 aliphatic carbocycles. The van der Waals surface area contributed by atoms with E-state index in [9.17, 15) is 9.59 Å². The SMILES string of the molecule is NC(=O)CCCC(CCO)(CCO)C(N)=O. The molecule has 2 amide bonds.